The van der Waals surface area contributed by atoms with Crippen LogP contribution in [0.25, 0.3) is 22.3 Å². The Bertz CT molecular complexity index is 1220. The topological polar surface area (TPSA) is 59.4 Å². The molecule has 1 aromatic heterocycles. The lowest BCUT2D eigenvalue weighted by Gasteiger charge is -2.13. The van der Waals surface area contributed by atoms with Crippen LogP contribution < -0.4 is 4.74 Å². The molecule has 32 heavy (non-hydrogen) atoms. The third kappa shape index (κ3) is 5.34. The predicted octanol–water partition coefficient (Wildman–Crippen LogP) is 6.67. The maximum atomic E-state index is 11.1. The SMILES string of the molecule is O=C(O)CCc1ccccc1-c1cccc(-c2cc(Cl)cnc2OCc2ccccc2)c1. The van der Waals surface area contributed by atoms with E-state index < -0.39 is 5.97 Å². The van der Waals surface area contributed by atoms with Crippen LogP contribution in [-0.2, 0) is 17.8 Å². The average Bonchev–Trinajstić information content (AvgIpc) is 2.83. The second-order valence-corrected chi connectivity index (χ2v) is 7.85. The summed E-state index contributed by atoms with van der Waals surface area (Å²) in [5, 5.41) is 9.61. The maximum absolute atomic E-state index is 11.1. The van der Waals surface area contributed by atoms with Crippen molar-refractivity contribution in [3.05, 3.63) is 107 Å². The fourth-order valence-corrected chi connectivity index (χ4v) is 3.75. The van der Waals surface area contributed by atoms with Crippen LogP contribution in [0.5, 0.6) is 5.88 Å². The number of aromatic nitrogens is 1. The first kappa shape index (κ1) is 21.6. The maximum Gasteiger partial charge on any atom is 0.303 e. The molecule has 0 saturated heterocycles. The monoisotopic (exact) mass is 443 g/mol. The number of carboxylic acids is 1. The molecule has 0 aliphatic rings. The van der Waals surface area contributed by atoms with Crippen molar-refractivity contribution in [1.82, 2.24) is 4.98 Å². The fourth-order valence-electron chi connectivity index (χ4n) is 3.59. The van der Waals surface area contributed by atoms with Gasteiger partial charge in [0, 0.05) is 18.2 Å². The Morgan fingerprint density at radius 2 is 1.59 bits per heavy atom. The van der Waals surface area contributed by atoms with Crippen molar-refractivity contribution in [2.45, 2.75) is 19.4 Å². The van der Waals surface area contributed by atoms with Gasteiger partial charge in [0.2, 0.25) is 5.88 Å². The third-order valence-electron chi connectivity index (χ3n) is 5.15. The number of hydrogen-bond donors (Lipinski definition) is 1. The molecule has 0 saturated carbocycles. The first-order valence-electron chi connectivity index (χ1n) is 10.3. The van der Waals surface area contributed by atoms with Gasteiger partial charge in [0.25, 0.3) is 0 Å². The number of carbonyl (C=O) groups is 1. The van der Waals surface area contributed by atoms with Crippen molar-refractivity contribution in [2.75, 3.05) is 0 Å². The minimum atomic E-state index is -0.807. The summed E-state index contributed by atoms with van der Waals surface area (Å²) in [6.45, 7) is 0.403. The first-order valence-corrected chi connectivity index (χ1v) is 10.7. The number of aliphatic carboxylic acids is 1. The van der Waals surface area contributed by atoms with Gasteiger partial charge in [-0.2, -0.15) is 0 Å². The molecule has 3 aromatic carbocycles. The summed E-state index contributed by atoms with van der Waals surface area (Å²) in [6, 6.07) is 27.7. The summed E-state index contributed by atoms with van der Waals surface area (Å²) >= 11 is 6.26. The minimum Gasteiger partial charge on any atom is -0.481 e. The van der Waals surface area contributed by atoms with Gasteiger partial charge in [0.15, 0.2) is 0 Å². The number of halogens is 1. The summed E-state index contributed by atoms with van der Waals surface area (Å²) in [6.07, 6.45) is 2.14. The van der Waals surface area contributed by atoms with Crippen molar-refractivity contribution in [2.24, 2.45) is 0 Å². The van der Waals surface area contributed by atoms with E-state index in [-0.39, 0.29) is 6.42 Å². The molecule has 4 nitrogen and oxygen atoms in total. The molecule has 0 aliphatic heterocycles. The summed E-state index contributed by atoms with van der Waals surface area (Å²) in [5.41, 5.74) is 5.79. The smallest absolute Gasteiger partial charge is 0.303 e. The molecule has 0 spiro atoms. The number of benzene rings is 3. The van der Waals surface area contributed by atoms with E-state index in [1.807, 2.05) is 78.9 Å². The van der Waals surface area contributed by atoms with Gasteiger partial charge < -0.3 is 9.84 Å². The molecule has 5 heteroatoms. The molecule has 0 radical (unpaired) electrons. The zero-order valence-corrected chi connectivity index (χ0v) is 18.1. The Kier molecular flexibility index (Phi) is 6.83. The summed E-state index contributed by atoms with van der Waals surface area (Å²) < 4.78 is 6.03. The predicted molar refractivity (Wildman–Crippen MR) is 127 cm³/mol. The van der Waals surface area contributed by atoms with Gasteiger partial charge in [0.05, 0.1) is 5.02 Å². The number of nitrogens with zero attached hydrogens (tertiary/aromatic N) is 1. The lowest BCUT2D eigenvalue weighted by atomic mass is 9.94. The standard InChI is InChI=1S/C27H22ClNO3/c28-23-16-25(27(29-17-23)32-18-19-7-2-1-3-8-19)22-11-6-10-21(15-22)24-12-5-4-9-20(24)13-14-26(30)31/h1-12,15-17H,13-14,18H2,(H,30,31). The van der Waals surface area contributed by atoms with Crippen molar-refractivity contribution < 1.29 is 14.6 Å². The number of rotatable bonds is 8. The van der Waals surface area contributed by atoms with E-state index in [9.17, 15) is 4.79 Å². The Morgan fingerprint density at radius 1 is 0.875 bits per heavy atom. The van der Waals surface area contributed by atoms with Crippen LogP contribution >= 0.6 is 11.6 Å². The molecule has 0 amide bonds. The Morgan fingerprint density at radius 3 is 2.38 bits per heavy atom. The van der Waals surface area contributed by atoms with Gasteiger partial charge in [-0.25, -0.2) is 4.98 Å². The van der Waals surface area contributed by atoms with Crippen molar-refractivity contribution >= 4 is 17.6 Å². The lowest BCUT2D eigenvalue weighted by Crippen LogP contribution is -2.00. The highest BCUT2D eigenvalue weighted by molar-refractivity contribution is 6.30. The molecule has 4 rings (SSSR count). The average molecular weight is 444 g/mol. The first-order chi connectivity index (χ1) is 15.6. The van der Waals surface area contributed by atoms with Gasteiger partial charge in [0.1, 0.15) is 6.61 Å². The molecule has 4 aromatic rings. The van der Waals surface area contributed by atoms with E-state index in [4.69, 9.17) is 21.4 Å². The number of pyridine rings is 1. The van der Waals surface area contributed by atoms with Crippen LogP contribution in [0.4, 0.5) is 0 Å². The van der Waals surface area contributed by atoms with Crippen LogP contribution in [0.1, 0.15) is 17.5 Å². The van der Waals surface area contributed by atoms with Crippen molar-refractivity contribution in [3.63, 3.8) is 0 Å². The Hall–Kier alpha value is -3.63. The van der Waals surface area contributed by atoms with Crippen LogP contribution in [0.15, 0.2) is 91.1 Å². The number of ether oxygens (including phenoxy) is 1. The molecule has 0 fully saturated rings. The van der Waals surface area contributed by atoms with Gasteiger partial charge in [-0.3, -0.25) is 4.79 Å². The van der Waals surface area contributed by atoms with Crippen molar-refractivity contribution in [1.29, 1.82) is 0 Å². The molecule has 1 N–H and O–H groups in total. The normalized spacial score (nSPS) is 10.7. The Balaban J connectivity index is 1.67. The van der Waals surface area contributed by atoms with E-state index in [0.717, 1.165) is 33.4 Å². The van der Waals surface area contributed by atoms with E-state index in [1.165, 1.54) is 0 Å². The molecule has 160 valence electrons. The summed E-state index contributed by atoms with van der Waals surface area (Å²) in [7, 11) is 0. The van der Waals surface area contributed by atoms with Crippen LogP contribution in [0.2, 0.25) is 5.02 Å². The van der Waals surface area contributed by atoms with Gasteiger partial charge in [-0.1, -0.05) is 84.4 Å². The largest absolute Gasteiger partial charge is 0.481 e. The molecule has 0 bridgehead atoms. The molecule has 0 atom stereocenters. The number of aryl methyl sites for hydroxylation is 1. The summed E-state index contributed by atoms with van der Waals surface area (Å²) in [5.74, 6) is -0.298. The van der Waals surface area contributed by atoms with Crippen LogP contribution in [-0.4, -0.2) is 16.1 Å². The molecule has 0 aliphatic carbocycles. The lowest BCUT2D eigenvalue weighted by molar-refractivity contribution is -0.136. The van der Waals surface area contributed by atoms with Gasteiger partial charge in [-0.15, -0.1) is 0 Å². The van der Waals surface area contributed by atoms with Crippen LogP contribution in [0, 0.1) is 0 Å². The highest BCUT2D eigenvalue weighted by atomic mass is 35.5. The molecular formula is C27H22ClNO3. The molecule has 1 heterocycles. The Labute approximate surface area is 192 Å². The molecule has 0 unspecified atom stereocenters. The molecular weight excluding hydrogens is 422 g/mol. The highest BCUT2D eigenvalue weighted by Crippen LogP contribution is 2.34. The van der Waals surface area contributed by atoms with Crippen LogP contribution in [0.3, 0.4) is 0 Å². The number of carboxylic acid groups (broad SMARTS) is 1. The van der Waals surface area contributed by atoms with Gasteiger partial charge in [-0.05, 0) is 46.4 Å². The van der Waals surface area contributed by atoms with Crippen molar-refractivity contribution in [3.8, 4) is 28.1 Å². The van der Waals surface area contributed by atoms with Gasteiger partial charge >= 0.3 is 5.97 Å². The second-order valence-electron chi connectivity index (χ2n) is 7.41. The third-order valence-corrected chi connectivity index (χ3v) is 5.35. The van der Waals surface area contributed by atoms with E-state index in [2.05, 4.69) is 11.1 Å². The van der Waals surface area contributed by atoms with E-state index in [1.54, 1.807) is 6.20 Å². The second kappa shape index (κ2) is 10.1. The summed E-state index contributed by atoms with van der Waals surface area (Å²) in [4.78, 5) is 15.5. The quantitative estimate of drug-likeness (QED) is 0.330. The minimum absolute atomic E-state index is 0.0897. The fraction of sp³-hybridized carbons (Fsp3) is 0.111. The highest BCUT2D eigenvalue weighted by Gasteiger charge is 2.12. The zero-order valence-electron chi connectivity index (χ0n) is 17.4. The number of hydrogen-bond acceptors (Lipinski definition) is 3. The van der Waals surface area contributed by atoms with E-state index in [0.29, 0.717) is 23.9 Å². The zero-order chi connectivity index (χ0) is 22.3. The van der Waals surface area contributed by atoms with E-state index >= 15 is 0 Å².